The lowest BCUT2D eigenvalue weighted by Gasteiger charge is -2.25. The number of sulfonamides is 1. The van der Waals surface area contributed by atoms with Crippen molar-refractivity contribution in [2.75, 3.05) is 13.2 Å². The molecule has 2 rings (SSSR count). The average molecular weight is 269 g/mol. The van der Waals surface area contributed by atoms with Gasteiger partial charge in [0.2, 0.25) is 0 Å². The van der Waals surface area contributed by atoms with Gasteiger partial charge in [-0.1, -0.05) is 30.4 Å². The van der Waals surface area contributed by atoms with Crippen LogP contribution in [0.5, 0.6) is 0 Å². The first-order valence-electron chi connectivity index (χ1n) is 6.27. The summed E-state index contributed by atoms with van der Waals surface area (Å²) >= 11 is 0. The van der Waals surface area contributed by atoms with Gasteiger partial charge in [-0.3, -0.25) is 4.84 Å². The number of nitrogens with zero attached hydrogens (tertiary/aromatic N) is 1. The highest BCUT2D eigenvalue weighted by Gasteiger charge is 2.27. The Labute approximate surface area is 109 Å². The monoisotopic (exact) mass is 269 g/mol. The number of hydroxylamine groups is 1. The van der Waals surface area contributed by atoms with Crippen molar-refractivity contribution in [1.82, 2.24) is 4.47 Å². The summed E-state index contributed by atoms with van der Waals surface area (Å²) in [7, 11) is -3.49. The van der Waals surface area contributed by atoms with Crippen molar-refractivity contribution >= 4 is 10.0 Å². The largest absolute Gasteiger partial charge is 0.284 e. The van der Waals surface area contributed by atoms with Crippen molar-refractivity contribution in [1.29, 1.82) is 0 Å². The number of benzene rings is 1. The molecule has 1 aliphatic heterocycles. The molecule has 0 saturated carbocycles. The smallest absolute Gasteiger partial charge is 0.265 e. The van der Waals surface area contributed by atoms with Crippen molar-refractivity contribution in [3.63, 3.8) is 0 Å². The fourth-order valence-corrected chi connectivity index (χ4v) is 3.20. The Bertz CT molecular complexity index is 487. The lowest BCUT2D eigenvalue weighted by molar-refractivity contribution is -0.108. The van der Waals surface area contributed by atoms with Crippen LogP contribution in [0, 0.1) is 0 Å². The normalized spacial score (nSPS) is 18.2. The third-order valence-electron chi connectivity index (χ3n) is 3.08. The summed E-state index contributed by atoms with van der Waals surface area (Å²) in [6.07, 6.45) is 1.77. The lowest BCUT2D eigenvalue weighted by atomic mass is 10.0. The third-order valence-corrected chi connectivity index (χ3v) is 4.78. The van der Waals surface area contributed by atoms with Gasteiger partial charge in [0.1, 0.15) is 0 Å². The molecule has 1 aliphatic rings. The standard InChI is InChI=1S/C13H19NO3S/c1-11(2)12-5-7-13(8-6-12)18(15,16)14-9-3-4-10-17-14/h5-8,11H,3-4,9-10H2,1-2H3. The first-order valence-corrected chi connectivity index (χ1v) is 7.71. The second-order valence-electron chi connectivity index (χ2n) is 4.80. The van der Waals surface area contributed by atoms with Crippen molar-refractivity contribution < 1.29 is 13.3 Å². The van der Waals surface area contributed by atoms with Crippen molar-refractivity contribution in [3.05, 3.63) is 29.8 Å². The van der Waals surface area contributed by atoms with E-state index in [1.807, 2.05) is 12.1 Å². The van der Waals surface area contributed by atoms with Crippen LogP contribution >= 0.6 is 0 Å². The topological polar surface area (TPSA) is 46.6 Å². The zero-order valence-electron chi connectivity index (χ0n) is 10.8. The van der Waals surface area contributed by atoms with E-state index in [1.165, 1.54) is 0 Å². The Balaban J connectivity index is 2.23. The molecule has 0 amide bonds. The Hall–Kier alpha value is -0.910. The van der Waals surface area contributed by atoms with E-state index in [1.54, 1.807) is 12.1 Å². The van der Waals surface area contributed by atoms with Crippen LogP contribution in [0.3, 0.4) is 0 Å². The van der Waals surface area contributed by atoms with Gasteiger partial charge < -0.3 is 0 Å². The molecule has 1 saturated heterocycles. The van der Waals surface area contributed by atoms with Crippen LogP contribution in [0.4, 0.5) is 0 Å². The highest BCUT2D eigenvalue weighted by molar-refractivity contribution is 7.89. The lowest BCUT2D eigenvalue weighted by Crippen LogP contribution is -2.35. The molecule has 5 heteroatoms. The van der Waals surface area contributed by atoms with Crippen molar-refractivity contribution in [2.24, 2.45) is 0 Å². The van der Waals surface area contributed by atoms with Gasteiger partial charge in [0.05, 0.1) is 11.5 Å². The molecular weight excluding hydrogens is 250 g/mol. The summed E-state index contributed by atoms with van der Waals surface area (Å²) in [4.78, 5) is 5.52. The highest BCUT2D eigenvalue weighted by Crippen LogP contribution is 2.22. The molecule has 1 fully saturated rings. The zero-order chi connectivity index (χ0) is 13.2. The van der Waals surface area contributed by atoms with E-state index in [0.29, 0.717) is 24.0 Å². The minimum absolute atomic E-state index is 0.300. The second kappa shape index (κ2) is 5.38. The Kier molecular flexibility index (Phi) is 4.04. The van der Waals surface area contributed by atoms with Crippen molar-refractivity contribution in [3.8, 4) is 0 Å². The van der Waals surface area contributed by atoms with Gasteiger partial charge in [0.25, 0.3) is 10.0 Å². The molecule has 0 radical (unpaired) electrons. The molecule has 0 N–H and O–H groups in total. The maximum atomic E-state index is 12.3. The molecule has 4 nitrogen and oxygen atoms in total. The molecule has 0 spiro atoms. The highest BCUT2D eigenvalue weighted by atomic mass is 32.2. The summed E-state index contributed by atoms with van der Waals surface area (Å²) < 4.78 is 25.7. The Morgan fingerprint density at radius 3 is 2.33 bits per heavy atom. The molecular formula is C13H19NO3S. The van der Waals surface area contributed by atoms with Gasteiger partial charge in [0, 0.05) is 6.54 Å². The van der Waals surface area contributed by atoms with Crippen molar-refractivity contribution in [2.45, 2.75) is 37.5 Å². The van der Waals surface area contributed by atoms with E-state index in [9.17, 15) is 8.42 Å². The maximum absolute atomic E-state index is 12.3. The molecule has 0 aliphatic carbocycles. The van der Waals surface area contributed by atoms with Crippen LogP contribution < -0.4 is 0 Å². The van der Waals surface area contributed by atoms with E-state index in [4.69, 9.17) is 4.84 Å². The summed E-state index contributed by atoms with van der Waals surface area (Å²) in [5.74, 6) is 0.396. The first-order chi connectivity index (χ1) is 8.51. The van der Waals surface area contributed by atoms with Gasteiger partial charge in [-0.25, -0.2) is 8.42 Å². The number of hydrogen-bond acceptors (Lipinski definition) is 3. The summed E-state index contributed by atoms with van der Waals surface area (Å²) in [6, 6.07) is 7.04. The molecule has 100 valence electrons. The minimum atomic E-state index is -3.49. The SMILES string of the molecule is CC(C)c1ccc(S(=O)(=O)N2CCCCO2)cc1. The maximum Gasteiger partial charge on any atom is 0.265 e. The Morgan fingerprint density at radius 1 is 1.17 bits per heavy atom. The molecule has 1 aromatic carbocycles. The fourth-order valence-electron chi connectivity index (χ4n) is 1.91. The molecule has 1 aromatic rings. The quantitative estimate of drug-likeness (QED) is 0.847. The zero-order valence-corrected chi connectivity index (χ0v) is 11.6. The van der Waals surface area contributed by atoms with Crippen LogP contribution in [0.1, 0.15) is 38.2 Å². The van der Waals surface area contributed by atoms with Crippen LogP contribution in [-0.2, 0) is 14.9 Å². The fraction of sp³-hybridized carbons (Fsp3) is 0.538. The van der Waals surface area contributed by atoms with E-state index >= 15 is 0 Å². The Morgan fingerprint density at radius 2 is 1.83 bits per heavy atom. The summed E-state index contributed by atoms with van der Waals surface area (Å²) in [5.41, 5.74) is 1.13. The average Bonchev–Trinajstić information content (AvgIpc) is 2.40. The predicted octanol–water partition coefficient (Wildman–Crippen LogP) is 2.53. The predicted molar refractivity (Wildman–Crippen MR) is 69.6 cm³/mol. The third kappa shape index (κ3) is 2.74. The van der Waals surface area contributed by atoms with Gasteiger partial charge in [-0.2, -0.15) is 0 Å². The molecule has 0 aromatic heterocycles. The molecule has 0 atom stereocenters. The van der Waals surface area contributed by atoms with E-state index < -0.39 is 10.0 Å². The number of hydrogen-bond donors (Lipinski definition) is 0. The second-order valence-corrected chi connectivity index (χ2v) is 6.62. The van der Waals surface area contributed by atoms with Crippen LogP contribution in [0.15, 0.2) is 29.2 Å². The molecule has 0 bridgehead atoms. The number of rotatable bonds is 3. The van der Waals surface area contributed by atoms with Crippen LogP contribution in [-0.4, -0.2) is 26.0 Å². The van der Waals surface area contributed by atoms with Crippen LogP contribution in [0.25, 0.3) is 0 Å². The van der Waals surface area contributed by atoms with E-state index in [-0.39, 0.29) is 0 Å². The van der Waals surface area contributed by atoms with Gasteiger partial charge in [0.15, 0.2) is 0 Å². The van der Waals surface area contributed by atoms with Gasteiger partial charge in [-0.15, -0.1) is 0 Å². The minimum Gasteiger partial charge on any atom is -0.284 e. The van der Waals surface area contributed by atoms with Crippen LogP contribution in [0.2, 0.25) is 0 Å². The summed E-state index contributed by atoms with van der Waals surface area (Å²) in [6.45, 7) is 5.08. The summed E-state index contributed by atoms with van der Waals surface area (Å²) in [5, 5.41) is 0. The van der Waals surface area contributed by atoms with Gasteiger partial charge in [-0.05, 0) is 36.5 Å². The van der Waals surface area contributed by atoms with Gasteiger partial charge >= 0.3 is 0 Å². The molecule has 18 heavy (non-hydrogen) atoms. The van der Waals surface area contributed by atoms with E-state index in [2.05, 4.69) is 13.8 Å². The molecule has 1 heterocycles. The molecule has 0 unspecified atom stereocenters. The first kappa shape index (κ1) is 13.5. The van der Waals surface area contributed by atoms with E-state index in [0.717, 1.165) is 22.9 Å².